The Kier molecular flexibility index (Phi) is 5.97. The van der Waals surface area contributed by atoms with E-state index in [2.05, 4.69) is 50.2 Å². The Hall–Kier alpha value is -0.710. The van der Waals surface area contributed by atoms with Gasteiger partial charge in [-0.25, -0.2) is 4.39 Å². The number of hydrogen-bond acceptors (Lipinski definition) is 1. The Bertz CT molecular complexity index is 628. The molecule has 0 saturated heterocycles. The number of aryl methyl sites for hydroxylation is 1. The lowest BCUT2D eigenvalue weighted by atomic mass is 9.94. The van der Waals surface area contributed by atoms with Crippen LogP contribution in [0.15, 0.2) is 45.3 Å². The van der Waals surface area contributed by atoms with E-state index in [1.165, 1.54) is 6.07 Å². The van der Waals surface area contributed by atoms with E-state index >= 15 is 0 Å². The monoisotopic (exact) mass is 413 g/mol. The number of nitrogens with one attached hydrogen (secondary N) is 1. The molecule has 1 unspecified atom stereocenters. The summed E-state index contributed by atoms with van der Waals surface area (Å²) in [5, 5.41) is 3.52. The number of halogens is 3. The Balaban J connectivity index is 2.49. The van der Waals surface area contributed by atoms with Crippen LogP contribution in [0.3, 0.4) is 0 Å². The summed E-state index contributed by atoms with van der Waals surface area (Å²) in [5.41, 5.74) is 3.17. The molecule has 0 bridgehead atoms. The lowest BCUT2D eigenvalue weighted by Crippen LogP contribution is -2.24. The van der Waals surface area contributed by atoms with Gasteiger partial charge < -0.3 is 5.32 Å². The molecule has 1 atom stereocenters. The van der Waals surface area contributed by atoms with Gasteiger partial charge in [-0.15, -0.1) is 0 Å². The fourth-order valence-electron chi connectivity index (χ4n) is 2.33. The topological polar surface area (TPSA) is 12.0 Å². The molecule has 1 nitrogen and oxygen atoms in total. The van der Waals surface area contributed by atoms with Gasteiger partial charge in [0.25, 0.3) is 0 Å². The normalized spacial score (nSPS) is 12.4. The molecule has 2 aromatic carbocycles. The first kappa shape index (κ1) is 16.7. The van der Waals surface area contributed by atoms with Crippen LogP contribution in [0.2, 0.25) is 0 Å². The second kappa shape index (κ2) is 7.52. The third-order valence-corrected chi connectivity index (χ3v) is 4.60. The molecule has 0 aromatic heterocycles. The molecule has 0 aliphatic rings. The smallest absolute Gasteiger partial charge is 0.123 e. The first-order chi connectivity index (χ1) is 10.0. The zero-order valence-corrected chi connectivity index (χ0v) is 15.3. The Morgan fingerprint density at radius 3 is 2.52 bits per heavy atom. The van der Waals surface area contributed by atoms with Crippen molar-refractivity contribution in [3.63, 3.8) is 0 Å². The van der Waals surface area contributed by atoms with Crippen molar-refractivity contribution in [2.24, 2.45) is 0 Å². The van der Waals surface area contributed by atoms with Crippen LogP contribution in [-0.2, 0) is 0 Å². The van der Waals surface area contributed by atoms with Gasteiger partial charge >= 0.3 is 0 Å². The summed E-state index contributed by atoms with van der Waals surface area (Å²) in [4.78, 5) is 0. The van der Waals surface area contributed by atoms with Gasteiger partial charge in [-0.1, -0.05) is 50.9 Å². The van der Waals surface area contributed by atoms with E-state index in [1.807, 2.05) is 25.1 Å². The molecule has 0 aliphatic carbocycles. The molecule has 0 amide bonds. The van der Waals surface area contributed by atoms with Crippen LogP contribution < -0.4 is 5.32 Å². The molecule has 0 radical (unpaired) electrons. The molecule has 2 rings (SSSR count). The summed E-state index contributed by atoms with van der Waals surface area (Å²) in [6.07, 6.45) is 1.03. The van der Waals surface area contributed by atoms with Crippen LogP contribution in [-0.4, -0.2) is 6.54 Å². The van der Waals surface area contributed by atoms with Gasteiger partial charge in [-0.05, 0) is 60.8 Å². The molecule has 112 valence electrons. The van der Waals surface area contributed by atoms with Gasteiger partial charge in [0.05, 0.1) is 6.04 Å². The van der Waals surface area contributed by atoms with Gasteiger partial charge in [0.2, 0.25) is 0 Å². The van der Waals surface area contributed by atoms with Crippen LogP contribution in [0, 0.1) is 12.7 Å². The first-order valence-corrected chi connectivity index (χ1v) is 8.56. The molecule has 21 heavy (non-hydrogen) atoms. The van der Waals surface area contributed by atoms with Gasteiger partial charge in [0.15, 0.2) is 0 Å². The van der Waals surface area contributed by atoms with Crippen molar-refractivity contribution in [3.05, 3.63) is 67.9 Å². The molecule has 1 N–H and O–H groups in total. The number of benzene rings is 2. The summed E-state index contributed by atoms with van der Waals surface area (Å²) in [6.45, 7) is 5.02. The molecular weight excluding hydrogens is 397 g/mol. The van der Waals surface area contributed by atoms with Crippen molar-refractivity contribution in [2.45, 2.75) is 26.3 Å². The van der Waals surface area contributed by atoms with E-state index < -0.39 is 0 Å². The summed E-state index contributed by atoms with van der Waals surface area (Å²) in [6, 6.07) is 11.0. The quantitative estimate of drug-likeness (QED) is 0.656. The number of hydrogen-bond donors (Lipinski definition) is 1. The summed E-state index contributed by atoms with van der Waals surface area (Å²) in [5.74, 6) is -0.202. The van der Waals surface area contributed by atoms with E-state index in [9.17, 15) is 4.39 Å². The SMILES string of the molecule is CCCNC(c1cc(F)ccc1C)c1ccc(Br)cc1Br. The van der Waals surface area contributed by atoms with Crippen LogP contribution in [0.1, 0.15) is 36.1 Å². The standard InChI is InChI=1S/C17H18Br2FN/c1-3-8-21-17(14-7-5-12(18)9-16(14)19)15-10-13(20)6-4-11(15)2/h4-7,9-10,17,21H,3,8H2,1-2H3. The van der Waals surface area contributed by atoms with Crippen molar-refractivity contribution in [2.75, 3.05) is 6.54 Å². The van der Waals surface area contributed by atoms with Crippen molar-refractivity contribution >= 4 is 31.9 Å². The van der Waals surface area contributed by atoms with Crippen molar-refractivity contribution in [1.29, 1.82) is 0 Å². The van der Waals surface area contributed by atoms with E-state index in [0.717, 1.165) is 38.6 Å². The molecular formula is C17H18Br2FN. The third kappa shape index (κ3) is 4.15. The lowest BCUT2D eigenvalue weighted by Gasteiger charge is -2.23. The lowest BCUT2D eigenvalue weighted by molar-refractivity contribution is 0.581. The maximum absolute atomic E-state index is 13.7. The Morgan fingerprint density at radius 1 is 1.10 bits per heavy atom. The highest BCUT2D eigenvalue weighted by Crippen LogP contribution is 2.32. The average molecular weight is 415 g/mol. The zero-order valence-electron chi connectivity index (χ0n) is 12.1. The van der Waals surface area contributed by atoms with Crippen LogP contribution >= 0.6 is 31.9 Å². The van der Waals surface area contributed by atoms with E-state index in [0.29, 0.717) is 0 Å². The number of rotatable bonds is 5. The van der Waals surface area contributed by atoms with Crippen LogP contribution in [0.5, 0.6) is 0 Å². The second-order valence-corrected chi connectivity index (χ2v) is 6.82. The van der Waals surface area contributed by atoms with Crippen LogP contribution in [0.25, 0.3) is 0 Å². The Labute approximate surface area is 142 Å². The Morgan fingerprint density at radius 2 is 1.86 bits per heavy atom. The molecule has 0 aliphatic heterocycles. The third-order valence-electron chi connectivity index (χ3n) is 3.42. The highest BCUT2D eigenvalue weighted by Gasteiger charge is 2.18. The van der Waals surface area contributed by atoms with Gasteiger partial charge in [-0.2, -0.15) is 0 Å². The molecule has 0 heterocycles. The molecule has 0 spiro atoms. The van der Waals surface area contributed by atoms with Gasteiger partial charge in [-0.3, -0.25) is 0 Å². The molecule has 0 saturated carbocycles. The maximum Gasteiger partial charge on any atom is 0.123 e. The van der Waals surface area contributed by atoms with Crippen molar-refractivity contribution < 1.29 is 4.39 Å². The second-order valence-electron chi connectivity index (χ2n) is 5.05. The molecule has 0 fully saturated rings. The predicted molar refractivity (Wildman–Crippen MR) is 93.1 cm³/mol. The fraction of sp³-hybridized carbons (Fsp3) is 0.294. The van der Waals surface area contributed by atoms with E-state index in [1.54, 1.807) is 6.07 Å². The van der Waals surface area contributed by atoms with E-state index in [4.69, 9.17) is 0 Å². The minimum atomic E-state index is -0.202. The fourth-order valence-corrected chi connectivity index (χ4v) is 3.61. The highest BCUT2D eigenvalue weighted by atomic mass is 79.9. The minimum Gasteiger partial charge on any atom is -0.306 e. The predicted octanol–water partition coefficient (Wildman–Crippen LogP) is 5.75. The van der Waals surface area contributed by atoms with Crippen LogP contribution in [0.4, 0.5) is 4.39 Å². The largest absolute Gasteiger partial charge is 0.306 e. The summed E-state index contributed by atoms with van der Waals surface area (Å²) >= 11 is 7.09. The molecule has 4 heteroatoms. The van der Waals surface area contributed by atoms with Crippen molar-refractivity contribution in [1.82, 2.24) is 5.32 Å². The summed E-state index contributed by atoms with van der Waals surface area (Å²) in [7, 11) is 0. The van der Waals surface area contributed by atoms with E-state index in [-0.39, 0.29) is 11.9 Å². The highest BCUT2D eigenvalue weighted by molar-refractivity contribution is 9.11. The zero-order chi connectivity index (χ0) is 15.4. The maximum atomic E-state index is 13.7. The van der Waals surface area contributed by atoms with Gasteiger partial charge in [0.1, 0.15) is 5.82 Å². The first-order valence-electron chi connectivity index (χ1n) is 6.97. The summed E-state index contributed by atoms with van der Waals surface area (Å²) < 4.78 is 15.7. The average Bonchev–Trinajstić information content (AvgIpc) is 2.44. The van der Waals surface area contributed by atoms with Crippen molar-refractivity contribution in [3.8, 4) is 0 Å². The van der Waals surface area contributed by atoms with Gasteiger partial charge in [0, 0.05) is 8.95 Å². The minimum absolute atomic E-state index is 0.0249. The molecule has 2 aromatic rings.